The topological polar surface area (TPSA) is 95.9 Å². The first-order chi connectivity index (χ1) is 14.8. The molecule has 7 nitrogen and oxygen atoms in total. The van der Waals surface area contributed by atoms with Crippen molar-refractivity contribution in [1.29, 1.82) is 5.26 Å². The molecule has 2 aromatic heterocycles. The highest BCUT2D eigenvalue weighted by Crippen LogP contribution is 2.31. The van der Waals surface area contributed by atoms with Crippen LogP contribution < -0.4 is 0 Å². The zero-order valence-corrected chi connectivity index (χ0v) is 16.1. The Morgan fingerprint density at radius 2 is 1.97 bits per heavy atom. The minimum Gasteiger partial charge on any atom is -0.339 e. The van der Waals surface area contributed by atoms with E-state index in [1.54, 1.807) is 29.2 Å². The number of piperidine rings is 1. The van der Waals surface area contributed by atoms with Gasteiger partial charge < -0.3 is 9.42 Å². The van der Waals surface area contributed by atoms with E-state index in [0.29, 0.717) is 48.5 Å². The largest absolute Gasteiger partial charge is 0.433 e. The molecule has 0 unspecified atom stereocenters. The Hall–Kier alpha value is -3.74. The van der Waals surface area contributed by atoms with Gasteiger partial charge in [0, 0.05) is 36.3 Å². The number of benzene rings is 1. The van der Waals surface area contributed by atoms with Gasteiger partial charge in [0.25, 0.3) is 5.91 Å². The van der Waals surface area contributed by atoms with Crippen LogP contribution in [0.15, 0.2) is 47.1 Å². The lowest BCUT2D eigenvalue weighted by Crippen LogP contribution is -2.38. The molecule has 0 bridgehead atoms. The Balaban J connectivity index is 1.40. The van der Waals surface area contributed by atoms with Gasteiger partial charge in [0.2, 0.25) is 11.7 Å². The molecule has 1 aliphatic heterocycles. The molecule has 0 aliphatic carbocycles. The predicted molar refractivity (Wildman–Crippen MR) is 102 cm³/mol. The van der Waals surface area contributed by atoms with Gasteiger partial charge in [-0.1, -0.05) is 11.2 Å². The average Bonchev–Trinajstić information content (AvgIpc) is 3.28. The summed E-state index contributed by atoms with van der Waals surface area (Å²) in [6, 6.07) is 10.7. The van der Waals surface area contributed by atoms with Crippen molar-refractivity contribution in [2.24, 2.45) is 0 Å². The molecule has 1 aromatic carbocycles. The van der Waals surface area contributed by atoms with Crippen LogP contribution in [-0.2, 0) is 6.18 Å². The zero-order valence-electron chi connectivity index (χ0n) is 16.1. The van der Waals surface area contributed by atoms with Gasteiger partial charge in [-0.15, -0.1) is 0 Å². The van der Waals surface area contributed by atoms with Crippen LogP contribution >= 0.6 is 0 Å². The number of carbonyl (C=O) groups excluding carboxylic acids is 1. The number of alkyl halides is 3. The van der Waals surface area contributed by atoms with Gasteiger partial charge in [-0.05, 0) is 43.2 Å². The van der Waals surface area contributed by atoms with Crippen LogP contribution in [0.2, 0.25) is 0 Å². The summed E-state index contributed by atoms with van der Waals surface area (Å²) in [6.45, 7) is 0.972. The standard InChI is InChI=1S/C21H16F3N5O2/c22-21(23,24)17-5-4-16(12-26-17)18-27-19(31-28-18)14-6-8-29(9-7-14)20(30)15-3-1-2-13(10-15)11-25/h1-5,10,12,14H,6-9H2. The van der Waals surface area contributed by atoms with Crippen molar-refractivity contribution in [3.05, 3.63) is 65.3 Å². The van der Waals surface area contributed by atoms with Gasteiger partial charge in [0.1, 0.15) is 5.69 Å². The molecule has 10 heteroatoms. The number of likely N-dealkylation sites (tertiary alicyclic amines) is 1. The molecule has 1 aliphatic rings. The monoisotopic (exact) mass is 427 g/mol. The molecule has 3 aromatic rings. The molecule has 1 amide bonds. The third-order valence-corrected chi connectivity index (χ3v) is 5.12. The van der Waals surface area contributed by atoms with Crippen LogP contribution in [0.4, 0.5) is 13.2 Å². The van der Waals surface area contributed by atoms with E-state index in [4.69, 9.17) is 9.78 Å². The summed E-state index contributed by atoms with van der Waals surface area (Å²) >= 11 is 0. The van der Waals surface area contributed by atoms with Crippen molar-refractivity contribution in [3.63, 3.8) is 0 Å². The van der Waals surface area contributed by atoms with Crippen LogP contribution in [0, 0.1) is 11.3 Å². The van der Waals surface area contributed by atoms with Crippen molar-refractivity contribution in [2.75, 3.05) is 13.1 Å². The van der Waals surface area contributed by atoms with E-state index in [1.807, 2.05) is 6.07 Å². The molecular weight excluding hydrogens is 411 g/mol. The SMILES string of the molecule is N#Cc1cccc(C(=O)N2CCC(c3nc(-c4ccc(C(F)(F)F)nc4)no3)CC2)c1. The summed E-state index contributed by atoms with van der Waals surface area (Å²) in [5, 5.41) is 12.9. The summed E-state index contributed by atoms with van der Waals surface area (Å²) in [6.07, 6.45) is -2.23. The number of carbonyl (C=O) groups is 1. The van der Waals surface area contributed by atoms with Crippen molar-refractivity contribution >= 4 is 5.91 Å². The van der Waals surface area contributed by atoms with Crippen LogP contribution in [0.25, 0.3) is 11.4 Å². The number of rotatable bonds is 3. The number of aromatic nitrogens is 3. The molecule has 0 radical (unpaired) electrons. The fourth-order valence-electron chi connectivity index (χ4n) is 3.45. The van der Waals surface area contributed by atoms with E-state index in [2.05, 4.69) is 15.1 Å². The molecule has 0 N–H and O–H groups in total. The van der Waals surface area contributed by atoms with Crippen LogP contribution in [0.1, 0.15) is 46.3 Å². The smallest absolute Gasteiger partial charge is 0.339 e. The Morgan fingerprint density at radius 1 is 1.19 bits per heavy atom. The number of pyridine rings is 1. The quantitative estimate of drug-likeness (QED) is 0.626. The second kappa shape index (κ2) is 8.18. The number of hydrogen-bond donors (Lipinski definition) is 0. The lowest BCUT2D eigenvalue weighted by atomic mass is 9.96. The maximum atomic E-state index is 12.7. The molecule has 1 saturated heterocycles. The van der Waals surface area contributed by atoms with E-state index in [-0.39, 0.29) is 17.6 Å². The second-order valence-corrected chi connectivity index (χ2v) is 7.15. The Kier molecular flexibility index (Phi) is 5.42. The maximum absolute atomic E-state index is 12.7. The van der Waals surface area contributed by atoms with E-state index in [9.17, 15) is 18.0 Å². The molecule has 31 heavy (non-hydrogen) atoms. The van der Waals surface area contributed by atoms with Crippen molar-refractivity contribution in [3.8, 4) is 17.5 Å². The molecule has 0 spiro atoms. The maximum Gasteiger partial charge on any atom is 0.433 e. The predicted octanol–water partition coefficient (Wildman–Crippen LogP) is 4.04. The summed E-state index contributed by atoms with van der Waals surface area (Å²) in [5.74, 6) is 0.354. The van der Waals surface area contributed by atoms with Gasteiger partial charge in [0.05, 0.1) is 11.6 Å². The van der Waals surface area contributed by atoms with Gasteiger partial charge in [-0.25, -0.2) is 0 Å². The van der Waals surface area contributed by atoms with Crippen molar-refractivity contribution in [2.45, 2.75) is 24.9 Å². The number of amides is 1. The van der Waals surface area contributed by atoms with Gasteiger partial charge in [-0.2, -0.15) is 23.4 Å². The Morgan fingerprint density at radius 3 is 2.61 bits per heavy atom. The second-order valence-electron chi connectivity index (χ2n) is 7.15. The Bertz CT molecular complexity index is 1130. The average molecular weight is 427 g/mol. The minimum atomic E-state index is -4.51. The highest BCUT2D eigenvalue weighted by Gasteiger charge is 2.32. The molecule has 0 saturated carbocycles. The first-order valence-corrected chi connectivity index (χ1v) is 9.52. The summed E-state index contributed by atoms with van der Waals surface area (Å²) in [4.78, 5) is 22.1. The number of nitrogens with zero attached hydrogens (tertiary/aromatic N) is 5. The number of nitriles is 1. The summed E-state index contributed by atoms with van der Waals surface area (Å²) in [7, 11) is 0. The van der Waals surface area contributed by atoms with E-state index in [1.165, 1.54) is 6.07 Å². The fourth-order valence-corrected chi connectivity index (χ4v) is 3.45. The lowest BCUT2D eigenvalue weighted by molar-refractivity contribution is -0.141. The molecule has 1 fully saturated rings. The number of halogens is 3. The zero-order chi connectivity index (χ0) is 22.0. The molecule has 0 atom stereocenters. The highest BCUT2D eigenvalue weighted by atomic mass is 19.4. The van der Waals surface area contributed by atoms with Crippen molar-refractivity contribution in [1.82, 2.24) is 20.0 Å². The molecule has 3 heterocycles. The normalized spacial score (nSPS) is 15.0. The molecule has 4 rings (SSSR count). The van der Waals surface area contributed by atoms with E-state index >= 15 is 0 Å². The third-order valence-electron chi connectivity index (χ3n) is 5.12. The number of hydrogen-bond acceptors (Lipinski definition) is 6. The Labute approximate surface area is 175 Å². The minimum absolute atomic E-state index is 0.0573. The first kappa shape index (κ1) is 20.5. The third kappa shape index (κ3) is 4.40. The molecule has 158 valence electrons. The van der Waals surface area contributed by atoms with Gasteiger partial charge >= 0.3 is 6.18 Å². The van der Waals surface area contributed by atoms with Crippen LogP contribution in [-0.4, -0.2) is 39.0 Å². The van der Waals surface area contributed by atoms with E-state index in [0.717, 1.165) is 12.3 Å². The van der Waals surface area contributed by atoms with E-state index < -0.39 is 11.9 Å². The first-order valence-electron chi connectivity index (χ1n) is 9.52. The van der Waals surface area contributed by atoms with Gasteiger partial charge in [0.15, 0.2) is 0 Å². The van der Waals surface area contributed by atoms with Crippen LogP contribution in [0.3, 0.4) is 0 Å². The fraction of sp³-hybridized carbons (Fsp3) is 0.286. The molecular formula is C21H16F3N5O2. The van der Waals surface area contributed by atoms with Crippen LogP contribution in [0.5, 0.6) is 0 Å². The van der Waals surface area contributed by atoms with Crippen molar-refractivity contribution < 1.29 is 22.5 Å². The summed E-state index contributed by atoms with van der Waals surface area (Å²) in [5.41, 5.74) is 0.231. The summed E-state index contributed by atoms with van der Waals surface area (Å²) < 4.78 is 43.3. The van der Waals surface area contributed by atoms with Gasteiger partial charge in [-0.3, -0.25) is 9.78 Å². The lowest BCUT2D eigenvalue weighted by Gasteiger charge is -2.30. The highest BCUT2D eigenvalue weighted by molar-refractivity contribution is 5.94.